The maximum atomic E-state index is 5.97. The predicted octanol–water partition coefficient (Wildman–Crippen LogP) is 1.58. The van der Waals surface area contributed by atoms with Crippen LogP contribution in [0.4, 0.5) is 0 Å². The largest absolute Gasteiger partial charge is 0.454 e. The maximum Gasteiger partial charge on any atom is 0.231 e. The minimum Gasteiger partial charge on any atom is -0.454 e. The average Bonchev–Trinajstić information content (AvgIpc) is 2.86. The van der Waals surface area contributed by atoms with Gasteiger partial charge in [0.15, 0.2) is 11.5 Å². The Balaban J connectivity index is 2.20. The zero-order valence-electron chi connectivity index (χ0n) is 12.1. The van der Waals surface area contributed by atoms with E-state index in [1.165, 1.54) is 5.12 Å². The summed E-state index contributed by atoms with van der Waals surface area (Å²) in [7, 11) is 5.65. The Labute approximate surface area is 118 Å². The van der Waals surface area contributed by atoms with Crippen LogP contribution in [0.25, 0.3) is 0 Å². The van der Waals surface area contributed by atoms with E-state index in [2.05, 4.69) is 15.2 Å². The number of ether oxygens (including phenoxy) is 2. The van der Waals surface area contributed by atoms with Crippen LogP contribution in [0.1, 0.15) is 18.0 Å². The molecule has 7 nitrogen and oxygen atoms in total. The van der Waals surface area contributed by atoms with Crippen molar-refractivity contribution in [2.75, 3.05) is 34.5 Å². The molecule has 0 radical (unpaired) electrons. The number of benzene rings is 1. The first-order valence-electron chi connectivity index (χ1n) is 6.49. The fourth-order valence-electron chi connectivity index (χ4n) is 2.12. The molecule has 0 aromatic heterocycles. The highest BCUT2D eigenvalue weighted by atomic mass is 16.7. The van der Waals surface area contributed by atoms with Crippen molar-refractivity contribution in [3.8, 4) is 11.5 Å². The number of nitrogens with two attached hydrogens (primary N) is 1. The van der Waals surface area contributed by atoms with Crippen LogP contribution in [-0.4, -0.2) is 44.5 Å². The Morgan fingerprint density at radius 1 is 1.30 bits per heavy atom. The normalized spacial score (nSPS) is 15.1. The summed E-state index contributed by atoms with van der Waals surface area (Å²) < 4.78 is 10.7. The summed E-state index contributed by atoms with van der Waals surface area (Å²) in [6.07, 6.45) is 0.835. The lowest BCUT2D eigenvalue weighted by atomic mass is 10.0. The van der Waals surface area contributed by atoms with Crippen molar-refractivity contribution < 1.29 is 9.47 Å². The third kappa shape index (κ3) is 3.37. The molecule has 0 amide bonds. The zero-order valence-corrected chi connectivity index (χ0v) is 12.1. The minimum absolute atomic E-state index is 0.0596. The first-order valence-corrected chi connectivity index (χ1v) is 6.49. The van der Waals surface area contributed by atoms with Gasteiger partial charge in [0.1, 0.15) is 0 Å². The van der Waals surface area contributed by atoms with Crippen LogP contribution >= 0.6 is 0 Å². The molecule has 1 unspecified atom stereocenters. The van der Waals surface area contributed by atoms with Gasteiger partial charge in [-0.2, -0.15) is 5.11 Å². The van der Waals surface area contributed by atoms with Crippen LogP contribution in [0.5, 0.6) is 11.5 Å². The third-order valence-electron chi connectivity index (χ3n) is 3.14. The lowest BCUT2D eigenvalue weighted by Gasteiger charge is -2.25. The summed E-state index contributed by atoms with van der Waals surface area (Å²) in [6.45, 7) is 1.16. The van der Waals surface area contributed by atoms with Crippen LogP contribution in [0.15, 0.2) is 28.5 Å². The van der Waals surface area contributed by atoms with Crippen molar-refractivity contribution in [1.82, 2.24) is 10.0 Å². The van der Waals surface area contributed by atoms with Gasteiger partial charge in [0, 0.05) is 0 Å². The molecule has 1 heterocycles. The summed E-state index contributed by atoms with van der Waals surface area (Å²) >= 11 is 0. The molecule has 110 valence electrons. The van der Waals surface area contributed by atoms with Crippen molar-refractivity contribution in [1.29, 1.82) is 0 Å². The van der Waals surface area contributed by atoms with E-state index in [0.717, 1.165) is 30.0 Å². The Morgan fingerprint density at radius 3 is 2.75 bits per heavy atom. The molecule has 2 rings (SSSR count). The molecule has 0 saturated heterocycles. The summed E-state index contributed by atoms with van der Waals surface area (Å²) in [6, 6.07) is 5.78. The maximum absolute atomic E-state index is 5.97. The predicted molar refractivity (Wildman–Crippen MR) is 75.3 cm³/mol. The van der Waals surface area contributed by atoms with Gasteiger partial charge in [0.2, 0.25) is 6.79 Å². The Kier molecular flexibility index (Phi) is 4.75. The highest BCUT2D eigenvalue weighted by molar-refractivity contribution is 5.45. The summed E-state index contributed by atoms with van der Waals surface area (Å²) in [5.74, 6) is 7.49. The van der Waals surface area contributed by atoms with Gasteiger partial charge in [-0.25, -0.2) is 11.0 Å². The van der Waals surface area contributed by atoms with E-state index in [1.54, 1.807) is 7.05 Å². The highest BCUT2D eigenvalue weighted by Crippen LogP contribution is 2.35. The Morgan fingerprint density at radius 2 is 2.05 bits per heavy atom. The van der Waals surface area contributed by atoms with Crippen molar-refractivity contribution in [3.05, 3.63) is 23.8 Å². The number of hydrogen-bond donors (Lipinski definition) is 1. The van der Waals surface area contributed by atoms with Gasteiger partial charge >= 0.3 is 0 Å². The molecule has 0 aliphatic carbocycles. The van der Waals surface area contributed by atoms with Crippen molar-refractivity contribution in [2.45, 2.75) is 12.5 Å². The highest BCUT2D eigenvalue weighted by Gasteiger charge is 2.21. The monoisotopic (exact) mass is 279 g/mol. The second-order valence-electron chi connectivity index (χ2n) is 4.89. The molecule has 1 aromatic carbocycles. The van der Waals surface area contributed by atoms with Crippen LogP contribution in [0.3, 0.4) is 0 Å². The van der Waals surface area contributed by atoms with Crippen LogP contribution in [0, 0.1) is 0 Å². The van der Waals surface area contributed by atoms with Gasteiger partial charge in [-0.1, -0.05) is 11.3 Å². The molecule has 1 aliphatic rings. The fraction of sp³-hybridized carbons (Fsp3) is 0.538. The standard InChI is InChI=1S/C13H21N5O2/c1-15-16-18(14)11(6-7-17(2)3)10-4-5-12-13(8-10)20-9-19-12/h4-5,8,11H,6-7,9,14H2,1-3H3. The zero-order chi connectivity index (χ0) is 14.5. The molecule has 0 spiro atoms. The van der Waals surface area contributed by atoms with E-state index in [9.17, 15) is 0 Å². The summed E-state index contributed by atoms with van der Waals surface area (Å²) in [5, 5.41) is 9.05. The van der Waals surface area contributed by atoms with E-state index in [1.807, 2.05) is 32.3 Å². The molecule has 20 heavy (non-hydrogen) atoms. The fourth-order valence-corrected chi connectivity index (χ4v) is 2.12. The smallest absolute Gasteiger partial charge is 0.231 e. The van der Waals surface area contributed by atoms with Crippen LogP contribution in [-0.2, 0) is 0 Å². The SMILES string of the molecule is CN=NN(N)C(CCN(C)C)c1ccc2c(c1)OCO2. The second kappa shape index (κ2) is 6.53. The molecule has 7 heteroatoms. The number of nitrogens with zero attached hydrogens (tertiary/aromatic N) is 4. The Hall–Kier alpha value is -1.86. The number of hydrogen-bond acceptors (Lipinski definition) is 6. The third-order valence-corrected chi connectivity index (χ3v) is 3.14. The lowest BCUT2D eigenvalue weighted by Crippen LogP contribution is -2.32. The molecular weight excluding hydrogens is 258 g/mol. The van der Waals surface area contributed by atoms with Crippen molar-refractivity contribution >= 4 is 0 Å². The van der Waals surface area contributed by atoms with E-state index in [0.29, 0.717) is 0 Å². The van der Waals surface area contributed by atoms with Crippen molar-refractivity contribution in [3.63, 3.8) is 0 Å². The molecular formula is C13H21N5O2. The van der Waals surface area contributed by atoms with Gasteiger partial charge in [-0.3, -0.25) is 0 Å². The van der Waals surface area contributed by atoms with E-state index < -0.39 is 0 Å². The number of fused-ring (bicyclic) bond motifs is 1. The van der Waals surface area contributed by atoms with Gasteiger partial charge < -0.3 is 14.4 Å². The molecule has 1 atom stereocenters. The van der Waals surface area contributed by atoms with Crippen molar-refractivity contribution in [2.24, 2.45) is 16.2 Å². The minimum atomic E-state index is -0.0596. The lowest BCUT2D eigenvalue weighted by molar-refractivity contribution is 0.170. The van der Waals surface area contributed by atoms with Gasteiger partial charge in [0.05, 0.1) is 13.1 Å². The number of hydrazine groups is 1. The van der Waals surface area contributed by atoms with E-state index in [-0.39, 0.29) is 12.8 Å². The van der Waals surface area contributed by atoms with E-state index >= 15 is 0 Å². The van der Waals surface area contributed by atoms with Crippen LogP contribution in [0.2, 0.25) is 0 Å². The molecule has 1 aromatic rings. The second-order valence-corrected chi connectivity index (χ2v) is 4.89. The molecule has 2 N–H and O–H groups in total. The van der Waals surface area contributed by atoms with E-state index in [4.69, 9.17) is 15.3 Å². The summed E-state index contributed by atoms with van der Waals surface area (Å²) in [4.78, 5) is 2.11. The first-order chi connectivity index (χ1) is 9.61. The molecule has 0 saturated carbocycles. The van der Waals surface area contributed by atoms with Crippen LogP contribution < -0.4 is 15.3 Å². The van der Waals surface area contributed by atoms with Gasteiger partial charge in [-0.05, 0) is 44.8 Å². The Bertz CT molecular complexity index is 478. The molecule has 1 aliphatic heterocycles. The van der Waals surface area contributed by atoms with Gasteiger partial charge in [0.25, 0.3) is 0 Å². The average molecular weight is 279 g/mol. The number of rotatable bonds is 6. The first kappa shape index (κ1) is 14.5. The quantitative estimate of drug-likeness (QED) is 0.486. The summed E-state index contributed by atoms with van der Waals surface area (Å²) in [5.41, 5.74) is 1.03. The van der Waals surface area contributed by atoms with Gasteiger partial charge in [-0.15, -0.1) is 0 Å². The molecule has 0 bridgehead atoms. The topological polar surface area (TPSA) is 75.7 Å². The molecule has 0 fully saturated rings.